The van der Waals surface area contributed by atoms with Crippen LogP contribution in [-0.2, 0) is 14.3 Å². The van der Waals surface area contributed by atoms with Gasteiger partial charge in [0.25, 0.3) is 17.7 Å². The predicted molar refractivity (Wildman–Crippen MR) is 117 cm³/mol. The Balaban J connectivity index is 1.92. The fraction of sp³-hybridized carbons (Fsp3) is 0.273. The van der Waals surface area contributed by atoms with Crippen molar-refractivity contribution in [3.63, 3.8) is 0 Å². The highest BCUT2D eigenvalue weighted by molar-refractivity contribution is 9.10. The smallest absolute Gasteiger partial charge is 0.342 e. The monoisotopic (exact) mass is 490 g/mol. The Hall–Kier alpha value is -3.20. The molecule has 3 amide bonds. The molecule has 2 aromatic rings. The van der Waals surface area contributed by atoms with Crippen molar-refractivity contribution in [3.8, 4) is 5.75 Å². The number of carbonyl (C=O) groups excluding carboxylic acids is 4. The molecular weight excluding hydrogens is 468 g/mol. The predicted octanol–water partition coefficient (Wildman–Crippen LogP) is 2.86. The fourth-order valence-corrected chi connectivity index (χ4v) is 2.67. The van der Waals surface area contributed by atoms with Crippen LogP contribution in [0.4, 0.5) is 0 Å². The van der Waals surface area contributed by atoms with Crippen molar-refractivity contribution in [1.82, 2.24) is 10.6 Å². The molecule has 0 fully saturated rings. The van der Waals surface area contributed by atoms with Gasteiger partial charge in [0.15, 0.2) is 13.2 Å². The van der Waals surface area contributed by atoms with Crippen molar-refractivity contribution >= 4 is 39.6 Å². The van der Waals surface area contributed by atoms with Crippen LogP contribution in [0.15, 0.2) is 53.0 Å². The number of hydrogen-bond donors (Lipinski definition) is 2. The van der Waals surface area contributed by atoms with E-state index in [0.29, 0.717) is 5.56 Å². The van der Waals surface area contributed by atoms with E-state index in [1.54, 1.807) is 36.4 Å². The third-order valence-corrected chi connectivity index (χ3v) is 4.20. The summed E-state index contributed by atoms with van der Waals surface area (Å²) in [7, 11) is 0. The fourth-order valence-electron chi connectivity index (χ4n) is 2.40. The highest BCUT2D eigenvalue weighted by Crippen LogP contribution is 2.19. The Morgan fingerprint density at radius 3 is 2.19 bits per heavy atom. The second kappa shape index (κ2) is 10.7. The SMILES string of the molecule is CC(C)(C)NC(=O)COC(=O)c1ccccc1OCC(=O)NC(=O)c1ccc(Br)cc1. The van der Waals surface area contributed by atoms with Crippen molar-refractivity contribution in [2.75, 3.05) is 13.2 Å². The highest BCUT2D eigenvalue weighted by Gasteiger charge is 2.19. The molecular formula is C22H23BrN2O6. The molecule has 9 heteroatoms. The Bertz CT molecular complexity index is 967. The zero-order valence-corrected chi connectivity index (χ0v) is 18.9. The molecule has 164 valence electrons. The van der Waals surface area contributed by atoms with Crippen LogP contribution in [0.2, 0.25) is 0 Å². The normalized spacial score (nSPS) is 10.7. The van der Waals surface area contributed by atoms with Crippen LogP contribution in [0.3, 0.4) is 0 Å². The van der Waals surface area contributed by atoms with Gasteiger partial charge < -0.3 is 14.8 Å². The Kier molecular flexibility index (Phi) is 8.32. The molecule has 0 aromatic heterocycles. The number of ether oxygens (including phenoxy) is 2. The van der Waals surface area contributed by atoms with Crippen LogP contribution in [0.5, 0.6) is 5.75 Å². The van der Waals surface area contributed by atoms with Gasteiger partial charge in [-0.3, -0.25) is 19.7 Å². The summed E-state index contributed by atoms with van der Waals surface area (Å²) in [5, 5.41) is 4.89. The molecule has 2 rings (SSSR count). The maximum Gasteiger partial charge on any atom is 0.342 e. The maximum atomic E-state index is 12.3. The molecule has 8 nitrogen and oxygen atoms in total. The van der Waals surface area contributed by atoms with Gasteiger partial charge >= 0.3 is 5.97 Å². The minimum atomic E-state index is -0.772. The van der Waals surface area contributed by atoms with E-state index in [-0.39, 0.29) is 11.3 Å². The molecule has 0 aliphatic carbocycles. The van der Waals surface area contributed by atoms with E-state index < -0.39 is 42.4 Å². The van der Waals surface area contributed by atoms with Crippen molar-refractivity contribution in [2.24, 2.45) is 0 Å². The van der Waals surface area contributed by atoms with Gasteiger partial charge in [-0.1, -0.05) is 28.1 Å². The van der Waals surface area contributed by atoms with Crippen LogP contribution >= 0.6 is 15.9 Å². The number of nitrogens with one attached hydrogen (secondary N) is 2. The van der Waals surface area contributed by atoms with Gasteiger partial charge in [-0.05, 0) is 57.2 Å². The first-order valence-corrected chi connectivity index (χ1v) is 10.1. The molecule has 0 heterocycles. The zero-order valence-electron chi connectivity index (χ0n) is 17.4. The van der Waals surface area contributed by atoms with Crippen LogP contribution in [0.1, 0.15) is 41.5 Å². The number of esters is 1. The molecule has 31 heavy (non-hydrogen) atoms. The lowest BCUT2D eigenvalue weighted by molar-refractivity contribution is -0.125. The standard InChI is InChI=1S/C22H23BrN2O6/c1-22(2,3)25-19(27)13-31-21(29)16-6-4-5-7-17(16)30-12-18(26)24-20(28)14-8-10-15(23)11-9-14/h4-11H,12-13H2,1-3H3,(H,25,27)(H,24,26,28). The summed E-state index contributed by atoms with van der Waals surface area (Å²) in [4.78, 5) is 48.3. The van der Waals surface area contributed by atoms with E-state index in [1.165, 1.54) is 12.1 Å². The topological polar surface area (TPSA) is 111 Å². The molecule has 0 unspecified atom stereocenters. The van der Waals surface area contributed by atoms with Gasteiger partial charge in [0.05, 0.1) is 0 Å². The van der Waals surface area contributed by atoms with Gasteiger partial charge in [0.1, 0.15) is 11.3 Å². The lowest BCUT2D eigenvalue weighted by Crippen LogP contribution is -2.42. The molecule has 0 radical (unpaired) electrons. The zero-order chi connectivity index (χ0) is 23.0. The molecule has 0 atom stereocenters. The molecule has 0 saturated heterocycles. The molecule has 2 aromatic carbocycles. The van der Waals surface area contributed by atoms with Crippen LogP contribution < -0.4 is 15.4 Å². The third kappa shape index (κ3) is 8.21. The molecule has 0 saturated carbocycles. The first-order valence-electron chi connectivity index (χ1n) is 9.35. The second-order valence-corrected chi connectivity index (χ2v) is 8.46. The molecule has 0 aliphatic heterocycles. The first kappa shape index (κ1) is 24.1. The molecule has 0 spiro atoms. The van der Waals surface area contributed by atoms with E-state index in [0.717, 1.165) is 4.47 Å². The Labute approximate surface area is 188 Å². The van der Waals surface area contributed by atoms with E-state index in [2.05, 4.69) is 26.6 Å². The number of amides is 3. The number of rotatable bonds is 7. The summed E-state index contributed by atoms with van der Waals surface area (Å²) in [6.45, 7) is 4.48. The number of benzene rings is 2. The number of imide groups is 1. The summed E-state index contributed by atoms with van der Waals surface area (Å²) >= 11 is 3.27. The average molecular weight is 491 g/mol. The molecule has 0 bridgehead atoms. The number of para-hydroxylation sites is 1. The summed E-state index contributed by atoms with van der Waals surface area (Å²) in [5.74, 6) is -2.37. The van der Waals surface area contributed by atoms with Crippen molar-refractivity contribution in [1.29, 1.82) is 0 Å². The van der Waals surface area contributed by atoms with E-state index >= 15 is 0 Å². The summed E-state index contributed by atoms with van der Waals surface area (Å²) in [6.07, 6.45) is 0. The first-order chi connectivity index (χ1) is 14.5. The quantitative estimate of drug-likeness (QED) is 0.577. The minimum Gasteiger partial charge on any atom is -0.483 e. The minimum absolute atomic E-state index is 0.0538. The van der Waals surface area contributed by atoms with Gasteiger partial charge in [0, 0.05) is 15.6 Å². The maximum absolute atomic E-state index is 12.3. The summed E-state index contributed by atoms with van der Waals surface area (Å²) < 4.78 is 11.2. The Morgan fingerprint density at radius 1 is 0.903 bits per heavy atom. The Morgan fingerprint density at radius 2 is 1.55 bits per heavy atom. The van der Waals surface area contributed by atoms with Crippen molar-refractivity contribution in [3.05, 3.63) is 64.1 Å². The van der Waals surface area contributed by atoms with E-state index in [4.69, 9.17) is 9.47 Å². The lowest BCUT2D eigenvalue weighted by Gasteiger charge is -2.20. The summed E-state index contributed by atoms with van der Waals surface area (Å²) in [6, 6.07) is 12.6. The largest absolute Gasteiger partial charge is 0.483 e. The van der Waals surface area contributed by atoms with Crippen molar-refractivity contribution in [2.45, 2.75) is 26.3 Å². The van der Waals surface area contributed by atoms with Crippen molar-refractivity contribution < 1.29 is 28.7 Å². The molecule has 2 N–H and O–H groups in total. The van der Waals surface area contributed by atoms with Crippen LogP contribution in [0, 0.1) is 0 Å². The highest BCUT2D eigenvalue weighted by atomic mass is 79.9. The van der Waals surface area contributed by atoms with E-state index in [9.17, 15) is 19.2 Å². The third-order valence-electron chi connectivity index (χ3n) is 3.67. The number of carbonyl (C=O) groups is 4. The second-order valence-electron chi connectivity index (χ2n) is 7.54. The average Bonchev–Trinajstić information content (AvgIpc) is 2.70. The van der Waals surface area contributed by atoms with Gasteiger partial charge in [-0.2, -0.15) is 0 Å². The number of halogens is 1. The molecule has 0 aliphatic rings. The van der Waals surface area contributed by atoms with Gasteiger partial charge in [0.2, 0.25) is 0 Å². The van der Waals surface area contributed by atoms with Crippen LogP contribution in [0.25, 0.3) is 0 Å². The van der Waals surface area contributed by atoms with E-state index in [1.807, 2.05) is 20.8 Å². The van der Waals surface area contributed by atoms with Gasteiger partial charge in [-0.25, -0.2) is 4.79 Å². The van der Waals surface area contributed by atoms with Gasteiger partial charge in [-0.15, -0.1) is 0 Å². The summed E-state index contributed by atoms with van der Waals surface area (Å²) in [5.41, 5.74) is -0.0851. The lowest BCUT2D eigenvalue weighted by atomic mass is 10.1. The number of hydrogen-bond acceptors (Lipinski definition) is 6. The van der Waals surface area contributed by atoms with Crippen LogP contribution in [-0.4, -0.2) is 42.4 Å².